The summed E-state index contributed by atoms with van der Waals surface area (Å²) in [7, 11) is 1.000. The molecule has 2 aliphatic heterocycles. The number of rotatable bonds is 5. The minimum absolute atomic E-state index is 0.182. The Hall–Kier alpha value is -1.70. The van der Waals surface area contributed by atoms with Crippen LogP contribution in [0.25, 0.3) is 11.1 Å². The molecule has 2 fully saturated rings. The normalized spacial score (nSPS) is 20.7. The van der Waals surface area contributed by atoms with E-state index in [1.165, 1.54) is 0 Å². The third-order valence-corrected chi connectivity index (χ3v) is 6.21. The van der Waals surface area contributed by atoms with Crippen LogP contribution in [0.5, 0.6) is 11.5 Å². The summed E-state index contributed by atoms with van der Waals surface area (Å²) in [6.45, 7) is 0.531. The Morgan fingerprint density at radius 2 is 2.00 bits per heavy atom. The molecule has 27 heavy (non-hydrogen) atoms. The van der Waals surface area contributed by atoms with E-state index < -0.39 is 7.12 Å². The molecule has 142 valence electrons. The summed E-state index contributed by atoms with van der Waals surface area (Å²) in [4.78, 5) is 4.41. The van der Waals surface area contributed by atoms with E-state index in [1.807, 2.05) is 42.4 Å². The van der Waals surface area contributed by atoms with Gasteiger partial charge in [-0.25, -0.2) is 0 Å². The van der Waals surface area contributed by atoms with Crippen molar-refractivity contribution in [2.24, 2.45) is 0 Å². The van der Waals surface area contributed by atoms with E-state index in [0.29, 0.717) is 12.9 Å². The van der Waals surface area contributed by atoms with Crippen molar-refractivity contribution in [3.8, 4) is 22.6 Å². The molecule has 7 heteroatoms. The molecule has 2 aromatic rings. The topological polar surface area (TPSA) is 60.8 Å². The Balaban J connectivity index is 1.58. The lowest BCUT2D eigenvalue weighted by molar-refractivity contribution is 0.184. The summed E-state index contributed by atoms with van der Waals surface area (Å²) in [5.74, 6) is 4.02. The molecule has 0 unspecified atom stereocenters. The molecular formula is C20H24BNO4S. The molecular weight excluding hydrogens is 361 g/mol. The van der Waals surface area contributed by atoms with Crippen LogP contribution in [0, 0.1) is 0 Å². The molecule has 2 aliphatic rings. The third-order valence-electron chi connectivity index (χ3n) is 5.17. The first kappa shape index (κ1) is 18.7. The van der Waals surface area contributed by atoms with Crippen LogP contribution in [0.2, 0.25) is 6.32 Å². The first-order chi connectivity index (χ1) is 13.2. The van der Waals surface area contributed by atoms with E-state index in [0.717, 1.165) is 52.5 Å². The van der Waals surface area contributed by atoms with Gasteiger partial charge in [-0.1, -0.05) is 6.07 Å². The van der Waals surface area contributed by atoms with E-state index in [1.54, 1.807) is 7.11 Å². The van der Waals surface area contributed by atoms with Crippen LogP contribution in [-0.2, 0) is 4.65 Å². The maximum atomic E-state index is 9.62. The van der Waals surface area contributed by atoms with Gasteiger partial charge in [0.1, 0.15) is 6.10 Å². The number of aromatic nitrogens is 1. The molecule has 0 bridgehead atoms. The van der Waals surface area contributed by atoms with Gasteiger partial charge in [0.05, 0.1) is 7.11 Å². The molecule has 1 aromatic carbocycles. The minimum Gasteiger partial charge on any atom is -0.493 e. The van der Waals surface area contributed by atoms with Crippen molar-refractivity contribution in [2.45, 2.75) is 31.2 Å². The van der Waals surface area contributed by atoms with Crippen LogP contribution in [-0.4, -0.2) is 48.5 Å². The molecule has 0 spiro atoms. The van der Waals surface area contributed by atoms with Crippen molar-refractivity contribution >= 4 is 18.9 Å². The second-order valence-electron chi connectivity index (χ2n) is 7.02. The molecule has 0 amide bonds. The lowest BCUT2D eigenvalue weighted by atomic mass is 9.80. The van der Waals surface area contributed by atoms with Gasteiger partial charge in [-0.2, -0.15) is 11.8 Å². The fourth-order valence-corrected chi connectivity index (χ4v) is 4.66. The van der Waals surface area contributed by atoms with Crippen molar-refractivity contribution in [3.63, 3.8) is 0 Å². The number of methoxy groups -OCH3 is 1. The van der Waals surface area contributed by atoms with Gasteiger partial charge in [0.25, 0.3) is 0 Å². The molecule has 5 nitrogen and oxygen atoms in total. The Morgan fingerprint density at radius 3 is 2.74 bits per heavy atom. The zero-order valence-corrected chi connectivity index (χ0v) is 16.3. The van der Waals surface area contributed by atoms with Crippen LogP contribution >= 0.6 is 11.8 Å². The highest BCUT2D eigenvalue weighted by Gasteiger charge is 2.30. The van der Waals surface area contributed by atoms with Gasteiger partial charge in [-0.3, -0.25) is 4.98 Å². The zero-order valence-electron chi connectivity index (χ0n) is 15.5. The SMILES string of the molecule is COc1ccc(-c2cncc([C@H]3COB(O)C3)c2)cc1OC1CCSCC1. The van der Waals surface area contributed by atoms with E-state index in [4.69, 9.17) is 14.1 Å². The molecule has 2 saturated heterocycles. The fourth-order valence-electron chi connectivity index (χ4n) is 3.60. The van der Waals surface area contributed by atoms with Crippen molar-refractivity contribution in [3.05, 3.63) is 42.2 Å². The van der Waals surface area contributed by atoms with Crippen LogP contribution < -0.4 is 9.47 Å². The largest absolute Gasteiger partial charge is 0.493 e. The Bertz CT molecular complexity index is 784. The Labute approximate surface area is 164 Å². The van der Waals surface area contributed by atoms with E-state index in [2.05, 4.69) is 11.1 Å². The van der Waals surface area contributed by atoms with Crippen molar-refractivity contribution in [2.75, 3.05) is 25.2 Å². The molecule has 1 N–H and O–H groups in total. The smallest absolute Gasteiger partial charge is 0.454 e. The predicted molar refractivity (Wildman–Crippen MR) is 109 cm³/mol. The average molecular weight is 385 g/mol. The summed E-state index contributed by atoms with van der Waals surface area (Å²) >= 11 is 1.99. The molecule has 3 heterocycles. The van der Waals surface area contributed by atoms with Gasteiger partial charge in [0.15, 0.2) is 11.5 Å². The van der Waals surface area contributed by atoms with Crippen molar-refractivity contribution in [1.29, 1.82) is 0 Å². The zero-order chi connectivity index (χ0) is 18.6. The molecule has 1 aromatic heterocycles. The highest BCUT2D eigenvalue weighted by Crippen LogP contribution is 2.36. The number of hydrogen-bond donors (Lipinski definition) is 1. The van der Waals surface area contributed by atoms with Crippen LogP contribution in [0.15, 0.2) is 36.7 Å². The summed E-state index contributed by atoms with van der Waals surface area (Å²) < 4.78 is 17.1. The maximum absolute atomic E-state index is 9.62. The molecule has 0 radical (unpaired) electrons. The van der Waals surface area contributed by atoms with Crippen LogP contribution in [0.1, 0.15) is 24.3 Å². The standard InChI is InChI=1S/C20H24BNO4S/c1-24-19-3-2-14(9-20(19)26-18-4-6-27-7-5-18)15-8-16(12-22-11-15)17-10-21(23)25-13-17/h2-3,8-9,11-12,17-18,23H,4-7,10,13H2,1H3/t17-/m1/s1. The second-order valence-corrected chi connectivity index (χ2v) is 8.25. The quantitative estimate of drug-likeness (QED) is 0.794. The van der Waals surface area contributed by atoms with Gasteiger partial charge >= 0.3 is 7.12 Å². The predicted octanol–water partition coefficient (Wildman–Crippen LogP) is 3.63. The van der Waals surface area contributed by atoms with Gasteiger partial charge in [-0.15, -0.1) is 0 Å². The first-order valence-corrected chi connectivity index (χ1v) is 10.6. The number of pyridine rings is 1. The summed E-state index contributed by atoms with van der Waals surface area (Å²) in [5.41, 5.74) is 3.16. The van der Waals surface area contributed by atoms with E-state index in [9.17, 15) is 5.02 Å². The highest BCUT2D eigenvalue weighted by atomic mass is 32.2. The number of ether oxygens (including phenoxy) is 2. The fraction of sp³-hybridized carbons (Fsp3) is 0.450. The lowest BCUT2D eigenvalue weighted by Crippen LogP contribution is -2.22. The number of benzene rings is 1. The summed E-state index contributed by atoms with van der Waals surface area (Å²) in [5, 5.41) is 9.62. The van der Waals surface area contributed by atoms with Crippen LogP contribution in [0.4, 0.5) is 0 Å². The first-order valence-electron chi connectivity index (χ1n) is 9.40. The van der Waals surface area contributed by atoms with Gasteiger partial charge in [0, 0.05) is 30.5 Å². The number of nitrogens with zero attached hydrogens (tertiary/aromatic N) is 1. The summed E-state index contributed by atoms with van der Waals surface area (Å²) in [6.07, 6.45) is 6.71. The van der Waals surface area contributed by atoms with Gasteiger partial charge in [0.2, 0.25) is 0 Å². The minimum atomic E-state index is -0.673. The molecule has 4 rings (SSSR count). The molecule has 1 atom stereocenters. The second kappa shape index (κ2) is 8.54. The number of thioether (sulfide) groups is 1. The molecule has 0 saturated carbocycles. The van der Waals surface area contributed by atoms with Gasteiger partial charge < -0.3 is 19.2 Å². The van der Waals surface area contributed by atoms with Crippen molar-refractivity contribution < 1.29 is 19.2 Å². The Kier molecular flexibility index (Phi) is 5.90. The average Bonchev–Trinajstić information content (AvgIpc) is 3.15. The third kappa shape index (κ3) is 4.42. The Morgan fingerprint density at radius 1 is 1.15 bits per heavy atom. The molecule has 0 aliphatic carbocycles. The van der Waals surface area contributed by atoms with E-state index in [-0.39, 0.29) is 12.0 Å². The highest BCUT2D eigenvalue weighted by molar-refractivity contribution is 7.99. The van der Waals surface area contributed by atoms with E-state index >= 15 is 0 Å². The number of hydrogen-bond acceptors (Lipinski definition) is 6. The maximum Gasteiger partial charge on any atom is 0.454 e. The summed E-state index contributed by atoms with van der Waals surface area (Å²) in [6, 6.07) is 8.16. The van der Waals surface area contributed by atoms with Crippen molar-refractivity contribution in [1.82, 2.24) is 4.98 Å². The van der Waals surface area contributed by atoms with Gasteiger partial charge in [-0.05, 0) is 60.0 Å². The lowest BCUT2D eigenvalue weighted by Gasteiger charge is -2.24. The van der Waals surface area contributed by atoms with Crippen LogP contribution in [0.3, 0.4) is 0 Å². The monoisotopic (exact) mass is 385 g/mol.